The van der Waals surface area contributed by atoms with Gasteiger partial charge in [-0.3, -0.25) is 19.3 Å². The second kappa shape index (κ2) is 11.6. The number of aromatic nitrogens is 5. The van der Waals surface area contributed by atoms with Crippen LogP contribution in [0.5, 0.6) is 11.5 Å². The van der Waals surface area contributed by atoms with Gasteiger partial charge in [0.2, 0.25) is 16.0 Å². The van der Waals surface area contributed by atoms with Crippen LogP contribution in [-0.4, -0.2) is 71.9 Å². The lowest BCUT2D eigenvalue weighted by Crippen LogP contribution is -2.34. The largest absolute Gasteiger partial charge is 0.494 e. The van der Waals surface area contributed by atoms with Gasteiger partial charge in [0.05, 0.1) is 44.5 Å². The predicted molar refractivity (Wildman–Crippen MR) is 140 cm³/mol. The van der Waals surface area contributed by atoms with Crippen LogP contribution in [0.25, 0.3) is 5.69 Å². The molecule has 0 amide bonds. The number of rotatable bonds is 11. The SMILES string of the molecule is COc1cccc(OC)c1-n1c(NS(=O)(=O)C(C)C(OC(C)C)c2cnc(C)cn2)nnc1[C@@H]1CCOC1. The summed E-state index contributed by atoms with van der Waals surface area (Å²) in [6.45, 7) is 8.05. The summed E-state index contributed by atoms with van der Waals surface area (Å²) in [5.74, 6) is 1.38. The number of sulfonamides is 1. The number of para-hydroxylation sites is 1. The first-order valence-corrected chi connectivity index (χ1v) is 13.9. The summed E-state index contributed by atoms with van der Waals surface area (Å²) in [6, 6.07) is 5.30. The van der Waals surface area contributed by atoms with Crippen molar-refractivity contribution in [1.82, 2.24) is 24.7 Å². The van der Waals surface area contributed by atoms with Crippen LogP contribution in [0.4, 0.5) is 5.95 Å². The molecule has 3 heterocycles. The summed E-state index contributed by atoms with van der Waals surface area (Å²) >= 11 is 0. The number of anilines is 1. The summed E-state index contributed by atoms with van der Waals surface area (Å²) in [4.78, 5) is 8.65. The van der Waals surface area contributed by atoms with E-state index < -0.39 is 21.4 Å². The molecule has 13 heteroatoms. The number of methoxy groups -OCH3 is 2. The van der Waals surface area contributed by atoms with Gasteiger partial charge in [-0.25, -0.2) is 8.42 Å². The molecule has 1 aliphatic heterocycles. The number of aryl methyl sites for hydroxylation is 1. The van der Waals surface area contributed by atoms with Gasteiger partial charge in [0, 0.05) is 18.7 Å². The van der Waals surface area contributed by atoms with Crippen molar-refractivity contribution in [3.05, 3.63) is 47.8 Å². The minimum Gasteiger partial charge on any atom is -0.494 e. The summed E-state index contributed by atoms with van der Waals surface area (Å²) in [7, 11) is -1.01. The minimum absolute atomic E-state index is 0.000151. The van der Waals surface area contributed by atoms with E-state index in [0.29, 0.717) is 47.6 Å². The van der Waals surface area contributed by atoms with Gasteiger partial charge < -0.3 is 18.9 Å². The molecule has 2 unspecified atom stereocenters. The number of benzene rings is 1. The summed E-state index contributed by atoms with van der Waals surface area (Å²) in [5.41, 5.74) is 1.61. The Morgan fingerprint density at radius 3 is 2.34 bits per heavy atom. The number of nitrogens with one attached hydrogen (secondary N) is 1. The standard InChI is InChI=1S/C25H34N6O6S/c1-15(2)37-23(19-13-26-16(3)12-27-19)17(4)38(32,33)30-25-29-28-24(18-10-11-36-14-18)31(25)22-20(34-5)8-7-9-21(22)35-6/h7-9,12-13,15,17-18,23H,10-11,14H2,1-6H3,(H,29,30)/t17?,18-,23?/m1/s1. The Morgan fingerprint density at radius 2 is 1.79 bits per heavy atom. The number of hydrogen-bond donors (Lipinski definition) is 1. The fraction of sp³-hybridized carbons (Fsp3) is 0.520. The quantitative estimate of drug-likeness (QED) is 0.381. The van der Waals surface area contributed by atoms with Crippen molar-refractivity contribution in [3.63, 3.8) is 0 Å². The molecule has 1 fully saturated rings. The predicted octanol–water partition coefficient (Wildman–Crippen LogP) is 3.18. The molecule has 1 saturated heterocycles. The van der Waals surface area contributed by atoms with Gasteiger partial charge in [0.25, 0.3) is 0 Å². The Kier molecular flexibility index (Phi) is 8.48. The molecule has 1 aromatic carbocycles. The Morgan fingerprint density at radius 1 is 1.08 bits per heavy atom. The molecule has 3 atom stereocenters. The van der Waals surface area contributed by atoms with E-state index in [1.165, 1.54) is 20.4 Å². The van der Waals surface area contributed by atoms with Gasteiger partial charge in [0.15, 0.2) is 0 Å². The maximum atomic E-state index is 13.8. The van der Waals surface area contributed by atoms with E-state index in [2.05, 4.69) is 24.9 Å². The van der Waals surface area contributed by atoms with Crippen molar-refractivity contribution in [2.24, 2.45) is 0 Å². The average Bonchev–Trinajstić information content (AvgIpc) is 3.56. The summed E-state index contributed by atoms with van der Waals surface area (Å²) in [5, 5.41) is 7.57. The third-order valence-electron chi connectivity index (χ3n) is 6.27. The first-order valence-electron chi connectivity index (χ1n) is 12.4. The molecule has 38 heavy (non-hydrogen) atoms. The highest BCUT2D eigenvalue weighted by Gasteiger charge is 2.36. The van der Waals surface area contributed by atoms with Crippen molar-refractivity contribution in [2.45, 2.75) is 57.5 Å². The first kappa shape index (κ1) is 27.7. The Labute approximate surface area is 222 Å². The molecular formula is C25H34N6O6S. The molecule has 2 aromatic heterocycles. The van der Waals surface area contributed by atoms with E-state index >= 15 is 0 Å². The highest BCUT2D eigenvalue weighted by atomic mass is 32.2. The molecule has 12 nitrogen and oxygen atoms in total. The lowest BCUT2D eigenvalue weighted by Gasteiger charge is -2.26. The highest BCUT2D eigenvalue weighted by molar-refractivity contribution is 7.93. The van der Waals surface area contributed by atoms with Gasteiger partial charge in [-0.2, -0.15) is 0 Å². The minimum atomic E-state index is -4.08. The van der Waals surface area contributed by atoms with Gasteiger partial charge in [-0.1, -0.05) is 6.07 Å². The third-order valence-corrected chi connectivity index (χ3v) is 7.96. The van der Waals surface area contributed by atoms with Gasteiger partial charge >= 0.3 is 0 Å². The Balaban J connectivity index is 1.78. The molecular weight excluding hydrogens is 512 g/mol. The molecule has 1 aliphatic rings. The van der Waals surface area contributed by atoms with E-state index in [1.807, 2.05) is 20.8 Å². The van der Waals surface area contributed by atoms with Crippen LogP contribution in [0.3, 0.4) is 0 Å². The summed E-state index contributed by atoms with van der Waals surface area (Å²) in [6.07, 6.45) is 2.71. The smallest absolute Gasteiger partial charge is 0.243 e. The number of nitrogens with zero attached hydrogens (tertiary/aromatic N) is 5. The fourth-order valence-corrected chi connectivity index (χ4v) is 5.39. The van der Waals surface area contributed by atoms with Crippen LogP contribution in [-0.2, 0) is 19.5 Å². The van der Waals surface area contributed by atoms with Crippen LogP contribution >= 0.6 is 0 Å². The van der Waals surface area contributed by atoms with E-state index in [0.717, 1.165) is 6.42 Å². The second-order valence-corrected chi connectivity index (χ2v) is 11.4. The number of hydrogen-bond acceptors (Lipinski definition) is 10. The highest BCUT2D eigenvalue weighted by Crippen LogP contribution is 2.38. The molecule has 0 aliphatic carbocycles. The third kappa shape index (κ3) is 5.74. The molecule has 206 valence electrons. The monoisotopic (exact) mass is 546 g/mol. The summed E-state index contributed by atoms with van der Waals surface area (Å²) < 4.78 is 54.7. The van der Waals surface area contributed by atoms with E-state index in [9.17, 15) is 8.42 Å². The maximum Gasteiger partial charge on any atom is 0.243 e. The molecule has 3 aromatic rings. The maximum absolute atomic E-state index is 13.8. The van der Waals surface area contributed by atoms with Gasteiger partial charge in [0.1, 0.15) is 34.4 Å². The lowest BCUT2D eigenvalue weighted by molar-refractivity contribution is 0.00394. The van der Waals surface area contributed by atoms with E-state index in [4.69, 9.17) is 18.9 Å². The zero-order chi connectivity index (χ0) is 27.4. The van der Waals surface area contributed by atoms with Crippen LogP contribution in [0.2, 0.25) is 0 Å². The zero-order valence-electron chi connectivity index (χ0n) is 22.4. The Bertz CT molecular complexity index is 1320. The first-order chi connectivity index (χ1) is 18.2. The molecule has 4 rings (SSSR count). The molecule has 1 N–H and O–H groups in total. The van der Waals surface area contributed by atoms with Crippen molar-refractivity contribution >= 4 is 16.0 Å². The van der Waals surface area contributed by atoms with Crippen molar-refractivity contribution < 1.29 is 27.4 Å². The Hall–Kier alpha value is -3.29. The van der Waals surface area contributed by atoms with E-state index in [-0.39, 0.29) is 18.0 Å². The van der Waals surface area contributed by atoms with Gasteiger partial charge in [-0.05, 0) is 46.2 Å². The van der Waals surface area contributed by atoms with Crippen LogP contribution < -0.4 is 14.2 Å². The van der Waals surface area contributed by atoms with Crippen LogP contribution in [0, 0.1) is 6.92 Å². The van der Waals surface area contributed by atoms with Gasteiger partial charge in [-0.15, -0.1) is 10.2 Å². The van der Waals surface area contributed by atoms with Crippen LogP contribution in [0.15, 0.2) is 30.6 Å². The van der Waals surface area contributed by atoms with Crippen molar-refractivity contribution in [2.75, 3.05) is 32.2 Å². The lowest BCUT2D eigenvalue weighted by atomic mass is 10.1. The molecule has 0 spiro atoms. The van der Waals surface area contributed by atoms with Crippen molar-refractivity contribution in [3.8, 4) is 17.2 Å². The van der Waals surface area contributed by atoms with Crippen molar-refractivity contribution in [1.29, 1.82) is 0 Å². The van der Waals surface area contributed by atoms with E-state index in [1.54, 1.807) is 35.9 Å². The zero-order valence-corrected chi connectivity index (χ0v) is 23.2. The molecule has 0 saturated carbocycles. The molecule has 0 radical (unpaired) electrons. The normalized spacial score (nSPS) is 17.4. The topological polar surface area (TPSA) is 140 Å². The number of ether oxygens (including phenoxy) is 4. The average molecular weight is 547 g/mol. The fourth-order valence-electron chi connectivity index (χ4n) is 4.28. The second-order valence-electron chi connectivity index (χ2n) is 9.33. The van der Waals surface area contributed by atoms with Crippen LogP contribution in [0.1, 0.15) is 56.4 Å². The molecule has 0 bridgehead atoms.